The van der Waals surface area contributed by atoms with Crippen LogP contribution in [0.25, 0.3) is 0 Å². The number of nitrogens with one attached hydrogen (secondary N) is 2. The maximum absolute atomic E-state index is 13.3. The zero-order valence-electron chi connectivity index (χ0n) is 15.4. The average Bonchev–Trinajstić information content (AvgIpc) is 2.76. The molecular weight excluding hydrogens is 436 g/mol. The molecule has 0 bridgehead atoms. The van der Waals surface area contributed by atoms with Gasteiger partial charge in [-0.3, -0.25) is 20.0 Å². The summed E-state index contributed by atoms with van der Waals surface area (Å²) in [6.45, 7) is 0. The van der Waals surface area contributed by atoms with Gasteiger partial charge in [0.25, 0.3) is 11.8 Å². The van der Waals surface area contributed by atoms with Gasteiger partial charge >= 0.3 is 0 Å². The van der Waals surface area contributed by atoms with Gasteiger partial charge in [0.15, 0.2) is 0 Å². The number of halogens is 1. The molecule has 2 amide bonds. The Hall–Kier alpha value is -3.39. The highest BCUT2D eigenvalue weighted by Gasteiger charge is 2.34. The van der Waals surface area contributed by atoms with Gasteiger partial charge in [-0.05, 0) is 48.0 Å². The molecule has 7 nitrogen and oxygen atoms in total. The van der Waals surface area contributed by atoms with Crippen LogP contribution < -0.4 is 15.5 Å². The molecule has 4 rings (SSSR count). The van der Waals surface area contributed by atoms with E-state index in [-0.39, 0.29) is 5.91 Å². The largest absolute Gasteiger partial charge is 0.497 e. The van der Waals surface area contributed by atoms with Crippen molar-refractivity contribution in [2.45, 2.75) is 6.17 Å². The number of pyridine rings is 1. The molecule has 0 radical (unpaired) electrons. The van der Waals surface area contributed by atoms with Gasteiger partial charge in [-0.15, -0.1) is 0 Å². The van der Waals surface area contributed by atoms with Gasteiger partial charge < -0.3 is 10.1 Å². The third-order valence-electron chi connectivity index (χ3n) is 4.58. The molecule has 0 aliphatic carbocycles. The first-order valence-electron chi connectivity index (χ1n) is 8.81. The number of hydrogen-bond acceptors (Lipinski definition) is 5. The van der Waals surface area contributed by atoms with Gasteiger partial charge in [-0.25, -0.2) is 5.01 Å². The van der Waals surface area contributed by atoms with E-state index in [1.165, 1.54) is 17.4 Å². The van der Waals surface area contributed by atoms with Crippen LogP contribution in [0, 0.1) is 0 Å². The van der Waals surface area contributed by atoms with Gasteiger partial charge in [0.05, 0.1) is 12.7 Å². The van der Waals surface area contributed by atoms with Crippen LogP contribution in [0.1, 0.15) is 32.4 Å². The van der Waals surface area contributed by atoms with E-state index < -0.39 is 12.1 Å². The van der Waals surface area contributed by atoms with Gasteiger partial charge in [-0.2, -0.15) is 0 Å². The standard InChI is InChI=1S/C21H17BrN4O3/c1-29-16-5-2-13(3-6-16)19-24-18-7-4-15(22)12-17(18)21(28)26(19)25-20(27)14-8-10-23-11-9-14/h2-12,19,24H,1H3,(H,25,27)/t19-/m0/s1. The first kappa shape index (κ1) is 18.9. The zero-order valence-corrected chi connectivity index (χ0v) is 17.0. The van der Waals surface area contributed by atoms with Crippen molar-refractivity contribution in [2.75, 3.05) is 12.4 Å². The fourth-order valence-corrected chi connectivity index (χ4v) is 3.45. The number of hydrogen-bond donors (Lipinski definition) is 2. The van der Waals surface area contributed by atoms with Crippen LogP contribution in [0.5, 0.6) is 5.75 Å². The summed E-state index contributed by atoms with van der Waals surface area (Å²) in [6.07, 6.45) is 2.46. The lowest BCUT2D eigenvalue weighted by Crippen LogP contribution is -2.52. The van der Waals surface area contributed by atoms with E-state index in [1.54, 1.807) is 37.4 Å². The van der Waals surface area contributed by atoms with Crippen molar-refractivity contribution in [3.05, 3.63) is 88.2 Å². The maximum atomic E-state index is 13.3. The molecular formula is C21H17BrN4O3. The molecule has 1 atom stereocenters. The van der Waals surface area contributed by atoms with E-state index in [0.717, 1.165) is 10.0 Å². The highest BCUT2D eigenvalue weighted by molar-refractivity contribution is 9.10. The molecule has 1 aromatic heterocycles. The highest BCUT2D eigenvalue weighted by atomic mass is 79.9. The quantitative estimate of drug-likeness (QED) is 0.629. The minimum atomic E-state index is -0.590. The van der Waals surface area contributed by atoms with Gasteiger partial charge in [0.2, 0.25) is 0 Å². The molecule has 2 N–H and O–H groups in total. The van der Waals surface area contributed by atoms with Crippen LogP contribution in [0.4, 0.5) is 5.69 Å². The Balaban J connectivity index is 1.72. The summed E-state index contributed by atoms with van der Waals surface area (Å²) >= 11 is 3.39. The Kier molecular flexibility index (Phi) is 5.18. The van der Waals surface area contributed by atoms with E-state index in [2.05, 4.69) is 31.7 Å². The number of methoxy groups -OCH3 is 1. The third kappa shape index (κ3) is 3.79. The number of carbonyl (C=O) groups excluding carboxylic acids is 2. The molecule has 2 heterocycles. The first-order chi connectivity index (χ1) is 14.1. The summed E-state index contributed by atoms with van der Waals surface area (Å²) in [4.78, 5) is 29.9. The summed E-state index contributed by atoms with van der Waals surface area (Å²) in [5.74, 6) is -0.0182. The van der Waals surface area contributed by atoms with Crippen molar-refractivity contribution in [3.8, 4) is 5.75 Å². The minimum absolute atomic E-state index is 0.316. The number of ether oxygens (including phenoxy) is 1. The second-order valence-corrected chi connectivity index (χ2v) is 7.28. The van der Waals surface area contributed by atoms with Crippen LogP contribution in [0.2, 0.25) is 0 Å². The molecule has 1 aliphatic rings. The van der Waals surface area contributed by atoms with Crippen LogP contribution in [0.15, 0.2) is 71.5 Å². The predicted molar refractivity (Wildman–Crippen MR) is 111 cm³/mol. The molecule has 2 aromatic carbocycles. The molecule has 0 unspecified atom stereocenters. The second-order valence-electron chi connectivity index (χ2n) is 6.36. The molecule has 0 saturated carbocycles. The number of amides is 2. The lowest BCUT2D eigenvalue weighted by molar-refractivity contribution is 0.0491. The number of aromatic nitrogens is 1. The Morgan fingerprint density at radius 2 is 1.86 bits per heavy atom. The van der Waals surface area contributed by atoms with E-state index in [4.69, 9.17) is 4.74 Å². The molecule has 8 heteroatoms. The van der Waals surface area contributed by atoms with E-state index in [9.17, 15) is 9.59 Å². The number of carbonyl (C=O) groups is 2. The predicted octanol–water partition coefficient (Wildman–Crippen LogP) is 3.76. The van der Waals surface area contributed by atoms with Gasteiger partial charge in [-0.1, -0.05) is 28.1 Å². The lowest BCUT2D eigenvalue weighted by atomic mass is 10.0. The van der Waals surface area contributed by atoms with E-state index >= 15 is 0 Å². The van der Waals surface area contributed by atoms with Crippen molar-refractivity contribution in [2.24, 2.45) is 0 Å². The third-order valence-corrected chi connectivity index (χ3v) is 5.07. The van der Waals surface area contributed by atoms with Gasteiger partial charge in [0, 0.05) is 28.1 Å². The lowest BCUT2D eigenvalue weighted by Gasteiger charge is -2.37. The fourth-order valence-electron chi connectivity index (χ4n) is 3.09. The monoisotopic (exact) mass is 452 g/mol. The maximum Gasteiger partial charge on any atom is 0.276 e. The number of nitrogens with zero attached hydrogens (tertiary/aromatic N) is 2. The Bertz CT molecular complexity index is 1060. The molecule has 0 spiro atoms. The highest BCUT2D eigenvalue weighted by Crippen LogP contribution is 2.34. The van der Waals surface area contributed by atoms with Crippen LogP contribution in [0.3, 0.4) is 0 Å². The molecule has 0 saturated heterocycles. The Morgan fingerprint density at radius 1 is 1.14 bits per heavy atom. The topological polar surface area (TPSA) is 83.6 Å². The normalized spacial score (nSPS) is 15.3. The van der Waals surface area contributed by atoms with E-state index in [1.807, 2.05) is 24.3 Å². The zero-order chi connectivity index (χ0) is 20.4. The van der Waals surface area contributed by atoms with Crippen molar-refractivity contribution < 1.29 is 14.3 Å². The summed E-state index contributed by atoms with van der Waals surface area (Å²) in [5, 5.41) is 4.64. The number of anilines is 1. The van der Waals surface area contributed by atoms with Gasteiger partial charge in [0.1, 0.15) is 11.9 Å². The SMILES string of the molecule is COc1ccc([C@H]2Nc3ccc(Br)cc3C(=O)N2NC(=O)c2ccncc2)cc1. The minimum Gasteiger partial charge on any atom is -0.497 e. The van der Waals surface area contributed by atoms with E-state index in [0.29, 0.717) is 22.6 Å². The molecule has 3 aromatic rings. The summed E-state index contributed by atoms with van der Waals surface area (Å²) < 4.78 is 5.99. The average molecular weight is 453 g/mol. The van der Waals surface area contributed by atoms with Crippen LogP contribution in [-0.2, 0) is 0 Å². The Labute approximate surface area is 175 Å². The summed E-state index contributed by atoms with van der Waals surface area (Å²) in [7, 11) is 1.59. The number of fused-ring (bicyclic) bond motifs is 1. The van der Waals surface area contributed by atoms with Crippen molar-refractivity contribution in [3.63, 3.8) is 0 Å². The summed E-state index contributed by atoms with van der Waals surface area (Å²) in [6, 6.07) is 15.9. The molecule has 0 fully saturated rings. The smallest absolute Gasteiger partial charge is 0.276 e. The molecule has 1 aliphatic heterocycles. The van der Waals surface area contributed by atoms with Crippen molar-refractivity contribution in [1.82, 2.24) is 15.4 Å². The second kappa shape index (κ2) is 7.92. The van der Waals surface area contributed by atoms with Crippen molar-refractivity contribution >= 4 is 33.4 Å². The number of hydrazine groups is 1. The molecule has 146 valence electrons. The van der Waals surface area contributed by atoms with Crippen molar-refractivity contribution in [1.29, 1.82) is 0 Å². The molecule has 29 heavy (non-hydrogen) atoms. The first-order valence-corrected chi connectivity index (χ1v) is 9.61. The number of rotatable bonds is 4. The number of benzene rings is 2. The Morgan fingerprint density at radius 3 is 2.55 bits per heavy atom. The fraction of sp³-hybridized carbons (Fsp3) is 0.0952. The summed E-state index contributed by atoms with van der Waals surface area (Å²) in [5.41, 5.74) is 5.07. The van der Waals surface area contributed by atoms with Crippen LogP contribution >= 0.6 is 15.9 Å². The van der Waals surface area contributed by atoms with Crippen LogP contribution in [-0.4, -0.2) is 28.9 Å².